The van der Waals surface area contributed by atoms with Crippen molar-refractivity contribution in [3.05, 3.63) is 59.7 Å². The summed E-state index contributed by atoms with van der Waals surface area (Å²) in [5.41, 5.74) is 2.08. The fraction of sp³-hybridized carbons (Fsp3) is 0.389. The Labute approximate surface area is 141 Å². The summed E-state index contributed by atoms with van der Waals surface area (Å²) in [6.07, 6.45) is 1.58. The molecule has 1 fully saturated rings. The maximum absolute atomic E-state index is 11.0. The van der Waals surface area contributed by atoms with E-state index in [1.165, 1.54) is 12.5 Å². The molecule has 0 aliphatic carbocycles. The fourth-order valence-corrected chi connectivity index (χ4v) is 2.73. The second kappa shape index (κ2) is 7.99. The van der Waals surface area contributed by atoms with Gasteiger partial charge in [-0.25, -0.2) is 9.97 Å². The molecule has 0 spiro atoms. The number of ether oxygens (including phenoxy) is 1. The number of carbonyl (C=O) groups excluding carboxylic acids is 1. The average molecular weight is 326 g/mol. The first kappa shape index (κ1) is 16.5. The van der Waals surface area contributed by atoms with Crippen molar-refractivity contribution >= 4 is 5.91 Å². The van der Waals surface area contributed by atoms with Gasteiger partial charge in [0.25, 0.3) is 0 Å². The van der Waals surface area contributed by atoms with Gasteiger partial charge in [-0.2, -0.15) is 0 Å². The standard InChI is InChI=1S/C18H22N4O2/c1-14(23)20-11-16-7-8-19-18(21-16)17-13-22(9-10-24-17)12-15-5-3-2-4-6-15/h2-8,17H,9-13H2,1H3,(H,20,23)/t17-/m0/s1. The summed E-state index contributed by atoms with van der Waals surface area (Å²) in [4.78, 5) is 22.3. The van der Waals surface area contributed by atoms with Crippen molar-refractivity contribution in [1.29, 1.82) is 0 Å². The number of nitrogens with zero attached hydrogens (tertiary/aromatic N) is 3. The van der Waals surface area contributed by atoms with E-state index in [1.54, 1.807) is 6.20 Å². The molecule has 3 rings (SSSR count). The van der Waals surface area contributed by atoms with E-state index in [0.717, 1.165) is 25.3 Å². The predicted molar refractivity (Wildman–Crippen MR) is 90.0 cm³/mol. The minimum absolute atomic E-state index is 0.0712. The van der Waals surface area contributed by atoms with Gasteiger partial charge in [0.15, 0.2) is 5.82 Å². The lowest BCUT2D eigenvalue weighted by atomic mass is 10.2. The zero-order chi connectivity index (χ0) is 16.8. The Kier molecular flexibility index (Phi) is 5.51. The lowest BCUT2D eigenvalue weighted by Crippen LogP contribution is -2.38. The molecule has 1 atom stereocenters. The maximum Gasteiger partial charge on any atom is 0.217 e. The van der Waals surface area contributed by atoms with Crippen molar-refractivity contribution in [2.75, 3.05) is 19.7 Å². The van der Waals surface area contributed by atoms with Crippen molar-refractivity contribution in [2.45, 2.75) is 26.1 Å². The van der Waals surface area contributed by atoms with Crippen molar-refractivity contribution in [3.8, 4) is 0 Å². The maximum atomic E-state index is 11.0. The number of amides is 1. The van der Waals surface area contributed by atoms with Crippen LogP contribution < -0.4 is 5.32 Å². The Morgan fingerprint density at radius 3 is 2.96 bits per heavy atom. The third-order valence-corrected chi connectivity index (χ3v) is 3.94. The zero-order valence-electron chi connectivity index (χ0n) is 13.8. The topological polar surface area (TPSA) is 67.4 Å². The van der Waals surface area contributed by atoms with Crippen LogP contribution in [-0.4, -0.2) is 40.5 Å². The van der Waals surface area contributed by atoms with E-state index in [2.05, 4.69) is 44.5 Å². The van der Waals surface area contributed by atoms with E-state index in [0.29, 0.717) is 19.0 Å². The van der Waals surface area contributed by atoms with Gasteiger partial charge in [0.2, 0.25) is 5.91 Å². The van der Waals surface area contributed by atoms with Crippen LogP contribution in [0.25, 0.3) is 0 Å². The SMILES string of the molecule is CC(=O)NCc1ccnc([C@@H]2CN(Cc3ccccc3)CCO2)n1. The molecule has 0 unspecified atom stereocenters. The van der Waals surface area contributed by atoms with Crippen LogP contribution in [-0.2, 0) is 22.6 Å². The van der Waals surface area contributed by atoms with Gasteiger partial charge in [-0.15, -0.1) is 0 Å². The van der Waals surface area contributed by atoms with Crippen LogP contribution in [0.2, 0.25) is 0 Å². The van der Waals surface area contributed by atoms with Crippen LogP contribution in [0.4, 0.5) is 0 Å². The number of aromatic nitrogens is 2. The normalized spacial score (nSPS) is 18.3. The molecule has 1 amide bonds. The van der Waals surface area contributed by atoms with Gasteiger partial charge in [0.1, 0.15) is 6.10 Å². The predicted octanol–water partition coefficient (Wildman–Crippen LogP) is 1.69. The first-order chi connectivity index (χ1) is 11.7. The van der Waals surface area contributed by atoms with Crippen LogP contribution in [0.1, 0.15) is 30.1 Å². The Balaban J connectivity index is 1.64. The molecule has 2 heterocycles. The highest BCUT2D eigenvalue weighted by Crippen LogP contribution is 2.20. The van der Waals surface area contributed by atoms with Gasteiger partial charge < -0.3 is 10.1 Å². The number of morpholine rings is 1. The highest BCUT2D eigenvalue weighted by Gasteiger charge is 2.24. The largest absolute Gasteiger partial charge is 0.368 e. The fourth-order valence-electron chi connectivity index (χ4n) is 2.73. The van der Waals surface area contributed by atoms with E-state index in [1.807, 2.05) is 12.1 Å². The Morgan fingerprint density at radius 2 is 2.17 bits per heavy atom. The molecule has 0 radical (unpaired) electrons. The lowest BCUT2D eigenvalue weighted by Gasteiger charge is -2.32. The number of nitrogens with one attached hydrogen (secondary N) is 1. The van der Waals surface area contributed by atoms with E-state index < -0.39 is 0 Å². The Bertz CT molecular complexity index is 678. The van der Waals surface area contributed by atoms with Gasteiger partial charge in [0.05, 0.1) is 18.8 Å². The van der Waals surface area contributed by atoms with Crippen LogP contribution in [0, 0.1) is 0 Å². The van der Waals surface area contributed by atoms with Crippen molar-refractivity contribution < 1.29 is 9.53 Å². The summed E-state index contributed by atoms with van der Waals surface area (Å²) in [5.74, 6) is 0.605. The van der Waals surface area contributed by atoms with Crippen molar-refractivity contribution in [2.24, 2.45) is 0 Å². The number of benzene rings is 1. The number of hydrogen-bond donors (Lipinski definition) is 1. The second-order valence-electron chi connectivity index (χ2n) is 5.90. The second-order valence-corrected chi connectivity index (χ2v) is 5.90. The summed E-state index contributed by atoms with van der Waals surface area (Å²) >= 11 is 0. The molecule has 0 bridgehead atoms. The highest BCUT2D eigenvalue weighted by atomic mass is 16.5. The summed E-state index contributed by atoms with van der Waals surface area (Å²) < 4.78 is 5.86. The lowest BCUT2D eigenvalue weighted by molar-refractivity contribution is -0.119. The minimum Gasteiger partial charge on any atom is -0.368 e. The van der Waals surface area contributed by atoms with Crippen LogP contribution in [0.3, 0.4) is 0 Å². The molecule has 1 saturated heterocycles. The summed E-state index contributed by atoms with van der Waals surface area (Å²) in [7, 11) is 0. The third kappa shape index (κ3) is 4.59. The van der Waals surface area contributed by atoms with Gasteiger partial charge in [0, 0.05) is 32.8 Å². The molecule has 0 saturated carbocycles. The van der Waals surface area contributed by atoms with Crippen LogP contribution >= 0.6 is 0 Å². The molecule has 24 heavy (non-hydrogen) atoms. The average Bonchev–Trinajstić information content (AvgIpc) is 2.61. The molecule has 6 heteroatoms. The first-order valence-electron chi connectivity index (χ1n) is 8.15. The zero-order valence-corrected chi connectivity index (χ0v) is 13.8. The molecule has 1 aromatic heterocycles. The van der Waals surface area contributed by atoms with Crippen molar-refractivity contribution in [1.82, 2.24) is 20.2 Å². The highest BCUT2D eigenvalue weighted by molar-refractivity contribution is 5.72. The smallest absolute Gasteiger partial charge is 0.217 e. The first-order valence-corrected chi connectivity index (χ1v) is 8.15. The van der Waals surface area contributed by atoms with E-state index in [9.17, 15) is 4.79 Å². The van der Waals surface area contributed by atoms with Crippen molar-refractivity contribution in [3.63, 3.8) is 0 Å². The molecule has 1 N–H and O–H groups in total. The van der Waals surface area contributed by atoms with Crippen LogP contribution in [0.5, 0.6) is 0 Å². The van der Waals surface area contributed by atoms with Gasteiger partial charge in [-0.3, -0.25) is 9.69 Å². The molecule has 6 nitrogen and oxygen atoms in total. The van der Waals surface area contributed by atoms with Gasteiger partial charge >= 0.3 is 0 Å². The van der Waals surface area contributed by atoms with E-state index in [-0.39, 0.29) is 12.0 Å². The van der Waals surface area contributed by atoms with Gasteiger partial charge in [-0.1, -0.05) is 30.3 Å². The Morgan fingerprint density at radius 1 is 1.33 bits per heavy atom. The molecule has 1 aliphatic heterocycles. The number of hydrogen-bond acceptors (Lipinski definition) is 5. The summed E-state index contributed by atoms with van der Waals surface area (Å²) in [6.45, 7) is 5.12. The molecular formula is C18H22N4O2. The summed E-state index contributed by atoms with van der Waals surface area (Å²) in [6, 6.07) is 12.2. The quantitative estimate of drug-likeness (QED) is 0.905. The number of carbonyl (C=O) groups is 1. The van der Waals surface area contributed by atoms with E-state index in [4.69, 9.17) is 4.74 Å². The number of rotatable bonds is 5. The van der Waals surface area contributed by atoms with Gasteiger partial charge in [-0.05, 0) is 11.6 Å². The third-order valence-electron chi connectivity index (χ3n) is 3.94. The monoisotopic (exact) mass is 326 g/mol. The minimum atomic E-state index is -0.139. The molecular weight excluding hydrogens is 304 g/mol. The molecule has 1 aromatic carbocycles. The van der Waals surface area contributed by atoms with E-state index >= 15 is 0 Å². The molecule has 1 aliphatic rings. The molecule has 126 valence electrons. The van der Waals surface area contributed by atoms with Crippen LogP contribution in [0.15, 0.2) is 42.6 Å². The molecule has 2 aromatic rings. The summed E-state index contributed by atoms with van der Waals surface area (Å²) in [5, 5.41) is 2.75. The Hall–Kier alpha value is -2.31.